The van der Waals surface area contributed by atoms with Crippen LogP contribution in [-0.4, -0.2) is 24.0 Å². The fourth-order valence-corrected chi connectivity index (χ4v) is 0.159. The van der Waals surface area contributed by atoms with Crippen LogP contribution >= 0.6 is 12.6 Å². The lowest BCUT2D eigenvalue weighted by Crippen LogP contribution is -2.19. The third-order valence-corrected chi connectivity index (χ3v) is 0.398. The van der Waals surface area contributed by atoms with Crippen LogP contribution in [0.15, 0.2) is 12.7 Å². The number of carboxylic acid groups (broad SMARTS) is 1. The van der Waals surface area contributed by atoms with Gasteiger partial charge in [0, 0.05) is 6.54 Å². The molecule has 0 aromatic heterocycles. The van der Waals surface area contributed by atoms with Crippen LogP contribution in [0.4, 0.5) is 4.79 Å². The predicted octanol–water partition coefficient (Wildman–Crippen LogP) is 0.986. The SMILES string of the molecule is C=CCNC(=O)O.CS. The van der Waals surface area contributed by atoms with E-state index in [1.54, 1.807) is 6.26 Å². The maximum absolute atomic E-state index is 9.60. The first-order valence-corrected chi connectivity index (χ1v) is 3.19. The molecule has 0 unspecified atom stereocenters. The standard InChI is InChI=1S/C4H7NO2.CH4S/c1-2-3-5-4(6)7;1-2/h2,5H,1,3H2,(H,6,7);2H,1H3. The Kier molecular flexibility index (Phi) is 12.9. The molecule has 0 aromatic carbocycles. The number of hydrogen-bond acceptors (Lipinski definition) is 2. The minimum absolute atomic E-state index is 0.315. The molecule has 2 N–H and O–H groups in total. The maximum Gasteiger partial charge on any atom is 0.404 e. The molecule has 1 amide bonds. The van der Waals surface area contributed by atoms with Crippen molar-refractivity contribution in [3.63, 3.8) is 0 Å². The zero-order chi connectivity index (χ0) is 7.70. The molecular weight excluding hydrogens is 138 g/mol. The number of rotatable bonds is 2. The van der Waals surface area contributed by atoms with Crippen molar-refractivity contribution in [1.82, 2.24) is 5.32 Å². The molecule has 0 saturated carbocycles. The van der Waals surface area contributed by atoms with Gasteiger partial charge in [-0.2, -0.15) is 12.6 Å². The highest BCUT2D eigenvalue weighted by molar-refractivity contribution is 7.79. The molecule has 0 aromatic rings. The molecule has 0 aliphatic rings. The predicted molar refractivity (Wildman–Crippen MR) is 41.1 cm³/mol. The van der Waals surface area contributed by atoms with E-state index in [9.17, 15) is 4.79 Å². The molecule has 0 bridgehead atoms. The van der Waals surface area contributed by atoms with Crippen molar-refractivity contribution < 1.29 is 9.90 Å². The molecule has 0 rings (SSSR count). The highest BCUT2D eigenvalue weighted by Crippen LogP contribution is 1.59. The highest BCUT2D eigenvalue weighted by atomic mass is 32.1. The van der Waals surface area contributed by atoms with Gasteiger partial charge >= 0.3 is 6.09 Å². The summed E-state index contributed by atoms with van der Waals surface area (Å²) in [5.74, 6) is 0. The van der Waals surface area contributed by atoms with Gasteiger partial charge < -0.3 is 10.4 Å². The van der Waals surface area contributed by atoms with Gasteiger partial charge in [0.15, 0.2) is 0 Å². The number of amides is 1. The van der Waals surface area contributed by atoms with Gasteiger partial charge in [-0.15, -0.1) is 6.58 Å². The van der Waals surface area contributed by atoms with Crippen LogP contribution in [0.25, 0.3) is 0 Å². The van der Waals surface area contributed by atoms with Crippen LogP contribution < -0.4 is 5.32 Å². The lowest BCUT2D eigenvalue weighted by atomic mass is 10.6. The van der Waals surface area contributed by atoms with Crippen molar-refractivity contribution in [3.05, 3.63) is 12.7 Å². The fraction of sp³-hybridized carbons (Fsp3) is 0.400. The first kappa shape index (κ1) is 11.2. The van der Waals surface area contributed by atoms with E-state index in [1.165, 1.54) is 6.08 Å². The molecule has 0 spiro atoms. The van der Waals surface area contributed by atoms with Gasteiger partial charge in [0.05, 0.1) is 0 Å². The molecule has 0 heterocycles. The van der Waals surface area contributed by atoms with Crippen LogP contribution in [0.3, 0.4) is 0 Å². The zero-order valence-electron chi connectivity index (χ0n) is 5.29. The van der Waals surface area contributed by atoms with Crippen LogP contribution in [-0.2, 0) is 0 Å². The van der Waals surface area contributed by atoms with E-state index in [1.807, 2.05) is 0 Å². The van der Waals surface area contributed by atoms with E-state index in [0.29, 0.717) is 6.54 Å². The molecule has 4 heteroatoms. The summed E-state index contributed by atoms with van der Waals surface area (Å²) in [6.45, 7) is 3.62. The monoisotopic (exact) mass is 149 g/mol. The van der Waals surface area contributed by atoms with Gasteiger partial charge in [-0.25, -0.2) is 4.79 Å². The van der Waals surface area contributed by atoms with E-state index < -0.39 is 6.09 Å². The molecule has 0 atom stereocenters. The summed E-state index contributed by atoms with van der Waals surface area (Å²) in [7, 11) is 0. The Morgan fingerprint density at radius 3 is 2.44 bits per heavy atom. The van der Waals surface area contributed by atoms with Crippen molar-refractivity contribution in [2.75, 3.05) is 12.8 Å². The molecule has 3 nitrogen and oxygen atoms in total. The molecule has 0 aliphatic heterocycles. The Bertz CT molecular complexity index is 85.0. The zero-order valence-corrected chi connectivity index (χ0v) is 6.19. The Labute approximate surface area is 60.2 Å². The van der Waals surface area contributed by atoms with Crippen molar-refractivity contribution in [2.24, 2.45) is 0 Å². The van der Waals surface area contributed by atoms with E-state index in [0.717, 1.165) is 0 Å². The van der Waals surface area contributed by atoms with Crippen LogP contribution in [0.2, 0.25) is 0 Å². The highest BCUT2D eigenvalue weighted by Gasteiger charge is 1.84. The Hall–Kier alpha value is -0.640. The number of thiol groups is 1. The summed E-state index contributed by atoms with van der Waals surface area (Å²) < 4.78 is 0. The third-order valence-electron chi connectivity index (χ3n) is 0.398. The third kappa shape index (κ3) is 18.7. The van der Waals surface area contributed by atoms with Crippen molar-refractivity contribution in [3.8, 4) is 0 Å². The first-order chi connectivity index (χ1) is 4.27. The molecule has 54 valence electrons. The van der Waals surface area contributed by atoms with Gasteiger partial charge in [0.25, 0.3) is 0 Å². The van der Waals surface area contributed by atoms with Crippen molar-refractivity contribution in [2.45, 2.75) is 0 Å². The molecule has 0 fully saturated rings. The van der Waals surface area contributed by atoms with Gasteiger partial charge in [-0.3, -0.25) is 0 Å². The second-order valence-corrected chi connectivity index (χ2v) is 0.975. The largest absolute Gasteiger partial charge is 0.465 e. The first-order valence-electron chi connectivity index (χ1n) is 2.29. The van der Waals surface area contributed by atoms with Gasteiger partial charge in [0.1, 0.15) is 0 Å². The molecular formula is C5H11NO2S. The fourth-order valence-electron chi connectivity index (χ4n) is 0.159. The Morgan fingerprint density at radius 2 is 2.33 bits per heavy atom. The minimum Gasteiger partial charge on any atom is -0.465 e. The van der Waals surface area contributed by atoms with E-state index in [2.05, 4.69) is 24.5 Å². The summed E-state index contributed by atoms with van der Waals surface area (Å²) in [6, 6.07) is 0. The van der Waals surface area contributed by atoms with Gasteiger partial charge in [-0.1, -0.05) is 6.08 Å². The van der Waals surface area contributed by atoms with E-state index >= 15 is 0 Å². The maximum atomic E-state index is 9.60. The van der Waals surface area contributed by atoms with Crippen LogP contribution in [0, 0.1) is 0 Å². The number of hydrogen-bond donors (Lipinski definition) is 3. The summed E-state index contributed by atoms with van der Waals surface area (Å²) in [4.78, 5) is 9.60. The van der Waals surface area contributed by atoms with Gasteiger partial charge in [-0.05, 0) is 6.26 Å². The normalized spacial score (nSPS) is 6.44. The van der Waals surface area contributed by atoms with E-state index in [-0.39, 0.29) is 0 Å². The average molecular weight is 149 g/mol. The second-order valence-electron chi connectivity index (χ2n) is 0.975. The molecule has 9 heavy (non-hydrogen) atoms. The minimum atomic E-state index is -1.01. The molecule has 0 saturated heterocycles. The van der Waals surface area contributed by atoms with Crippen LogP contribution in [0.1, 0.15) is 0 Å². The lowest BCUT2D eigenvalue weighted by Gasteiger charge is -1.88. The average Bonchev–Trinajstić information content (AvgIpc) is 1.88. The summed E-state index contributed by atoms with van der Waals surface area (Å²) in [5.41, 5.74) is 0. The quantitative estimate of drug-likeness (QED) is 0.405. The van der Waals surface area contributed by atoms with E-state index in [4.69, 9.17) is 5.11 Å². The smallest absolute Gasteiger partial charge is 0.404 e. The summed E-state index contributed by atoms with van der Waals surface area (Å²) in [5, 5.41) is 9.98. The van der Waals surface area contributed by atoms with Gasteiger partial charge in [0.2, 0.25) is 0 Å². The van der Waals surface area contributed by atoms with Crippen LogP contribution in [0.5, 0.6) is 0 Å². The summed E-state index contributed by atoms with van der Waals surface area (Å²) >= 11 is 3.53. The number of carbonyl (C=O) groups is 1. The second kappa shape index (κ2) is 10.4. The Balaban J connectivity index is 0. The Morgan fingerprint density at radius 1 is 1.89 bits per heavy atom. The summed E-state index contributed by atoms with van der Waals surface area (Å²) in [6.07, 6.45) is 2.16. The lowest BCUT2D eigenvalue weighted by molar-refractivity contribution is 0.195. The molecule has 0 aliphatic carbocycles. The topological polar surface area (TPSA) is 49.3 Å². The number of nitrogens with one attached hydrogen (secondary N) is 1. The van der Waals surface area contributed by atoms with Crippen molar-refractivity contribution in [1.29, 1.82) is 0 Å². The molecule has 0 radical (unpaired) electrons. The van der Waals surface area contributed by atoms with Crippen molar-refractivity contribution >= 4 is 18.7 Å².